The van der Waals surface area contributed by atoms with E-state index in [1.54, 1.807) is 12.4 Å². The molecule has 2 aliphatic rings. The molecule has 0 spiro atoms. The number of piperidine rings is 1. The second-order valence-corrected chi connectivity index (χ2v) is 8.14. The van der Waals surface area contributed by atoms with E-state index < -0.39 is 0 Å². The third-order valence-corrected chi connectivity index (χ3v) is 6.18. The first-order valence-electron chi connectivity index (χ1n) is 10.8. The fourth-order valence-electron chi connectivity index (χ4n) is 4.38. The van der Waals surface area contributed by atoms with E-state index in [-0.39, 0.29) is 5.91 Å². The predicted octanol–water partition coefficient (Wildman–Crippen LogP) is 2.47. The third-order valence-electron chi connectivity index (χ3n) is 6.18. The third kappa shape index (κ3) is 5.54. The van der Waals surface area contributed by atoms with Crippen LogP contribution in [0.2, 0.25) is 0 Å². The molecule has 6 nitrogen and oxygen atoms in total. The Kier molecular flexibility index (Phi) is 6.72. The van der Waals surface area contributed by atoms with Gasteiger partial charge in [0.25, 0.3) is 0 Å². The zero-order valence-corrected chi connectivity index (χ0v) is 17.1. The predicted molar refractivity (Wildman–Crippen MR) is 115 cm³/mol. The van der Waals surface area contributed by atoms with Gasteiger partial charge in [-0.15, -0.1) is 0 Å². The average Bonchev–Trinajstić information content (AvgIpc) is 2.80. The zero-order valence-electron chi connectivity index (χ0n) is 17.1. The summed E-state index contributed by atoms with van der Waals surface area (Å²) in [5.74, 6) is 1.82. The molecule has 1 aromatic heterocycles. The molecule has 154 valence electrons. The van der Waals surface area contributed by atoms with Gasteiger partial charge in [0.15, 0.2) is 0 Å². The van der Waals surface area contributed by atoms with Gasteiger partial charge in [-0.25, -0.2) is 9.97 Å². The van der Waals surface area contributed by atoms with Crippen LogP contribution in [0.15, 0.2) is 48.8 Å². The van der Waals surface area contributed by atoms with Crippen LogP contribution in [0, 0.1) is 5.92 Å². The summed E-state index contributed by atoms with van der Waals surface area (Å²) in [5, 5.41) is 0. The second kappa shape index (κ2) is 9.83. The maximum atomic E-state index is 12.6. The Morgan fingerprint density at radius 3 is 2.28 bits per heavy atom. The second-order valence-electron chi connectivity index (χ2n) is 8.14. The summed E-state index contributed by atoms with van der Waals surface area (Å²) in [6.45, 7) is 6.25. The minimum absolute atomic E-state index is 0.282. The Morgan fingerprint density at radius 2 is 1.59 bits per heavy atom. The molecule has 2 aliphatic heterocycles. The molecule has 1 aromatic carbocycles. The smallest absolute Gasteiger partial charge is 0.225 e. The van der Waals surface area contributed by atoms with Crippen molar-refractivity contribution in [1.29, 1.82) is 0 Å². The summed E-state index contributed by atoms with van der Waals surface area (Å²) in [6.07, 6.45) is 7.82. The van der Waals surface area contributed by atoms with E-state index >= 15 is 0 Å². The molecule has 2 saturated heterocycles. The van der Waals surface area contributed by atoms with E-state index in [0.29, 0.717) is 6.42 Å². The minimum Gasteiger partial charge on any atom is -0.339 e. The van der Waals surface area contributed by atoms with E-state index in [1.807, 2.05) is 11.0 Å². The Labute approximate surface area is 173 Å². The number of rotatable bonds is 6. The number of aromatic nitrogens is 2. The van der Waals surface area contributed by atoms with Crippen LogP contribution in [0.5, 0.6) is 0 Å². The quantitative estimate of drug-likeness (QED) is 0.755. The van der Waals surface area contributed by atoms with Gasteiger partial charge in [-0.3, -0.25) is 4.79 Å². The van der Waals surface area contributed by atoms with Gasteiger partial charge in [0.2, 0.25) is 11.9 Å². The Bertz CT molecular complexity index is 753. The molecule has 6 heteroatoms. The summed E-state index contributed by atoms with van der Waals surface area (Å²) < 4.78 is 0. The van der Waals surface area contributed by atoms with E-state index in [2.05, 4.69) is 50.1 Å². The normalized spacial score (nSPS) is 18.8. The standard InChI is InChI=1S/C23H31N5O/c29-22(27-15-17-28(18-16-27)23-24-10-4-11-25-23)9-14-26-12-7-21(8-13-26)19-20-5-2-1-3-6-20/h1-6,10-11,21H,7-9,12-19H2. The molecule has 4 rings (SSSR count). The van der Waals surface area contributed by atoms with Crippen LogP contribution in [0.1, 0.15) is 24.8 Å². The Hall–Kier alpha value is -2.47. The lowest BCUT2D eigenvalue weighted by molar-refractivity contribution is -0.131. The summed E-state index contributed by atoms with van der Waals surface area (Å²) in [6, 6.07) is 12.6. The zero-order chi connectivity index (χ0) is 19.9. The van der Waals surface area contributed by atoms with Gasteiger partial charge >= 0.3 is 0 Å². The molecule has 0 radical (unpaired) electrons. The largest absolute Gasteiger partial charge is 0.339 e. The Balaban J connectivity index is 1.15. The summed E-state index contributed by atoms with van der Waals surface area (Å²) in [4.78, 5) is 27.9. The molecule has 0 atom stereocenters. The summed E-state index contributed by atoms with van der Waals surface area (Å²) in [5.41, 5.74) is 1.45. The number of hydrogen-bond donors (Lipinski definition) is 0. The van der Waals surface area contributed by atoms with Crippen LogP contribution in [-0.4, -0.2) is 71.5 Å². The van der Waals surface area contributed by atoms with Gasteiger partial charge in [-0.05, 0) is 49.9 Å². The first-order chi connectivity index (χ1) is 14.3. The monoisotopic (exact) mass is 393 g/mol. The molecule has 0 saturated carbocycles. The van der Waals surface area contributed by atoms with E-state index in [0.717, 1.165) is 57.7 Å². The number of hydrogen-bond acceptors (Lipinski definition) is 5. The molecule has 0 bridgehead atoms. The fraction of sp³-hybridized carbons (Fsp3) is 0.522. The molecule has 2 fully saturated rings. The van der Waals surface area contributed by atoms with Gasteiger partial charge in [0.1, 0.15) is 0 Å². The number of nitrogens with zero attached hydrogens (tertiary/aromatic N) is 5. The highest BCUT2D eigenvalue weighted by Crippen LogP contribution is 2.22. The van der Waals surface area contributed by atoms with Gasteiger partial charge in [0.05, 0.1) is 0 Å². The maximum absolute atomic E-state index is 12.6. The van der Waals surface area contributed by atoms with Crippen molar-refractivity contribution < 1.29 is 4.79 Å². The number of piperazine rings is 1. The van der Waals surface area contributed by atoms with Gasteiger partial charge in [-0.2, -0.15) is 0 Å². The van der Waals surface area contributed by atoms with Crippen molar-refractivity contribution in [3.8, 4) is 0 Å². The van der Waals surface area contributed by atoms with Gasteiger partial charge < -0.3 is 14.7 Å². The Morgan fingerprint density at radius 1 is 0.897 bits per heavy atom. The SMILES string of the molecule is O=C(CCN1CCC(Cc2ccccc2)CC1)N1CCN(c2ncccn2)CC1. The highest BCUT2D eigenvalue weighted by Gasteiger charge is 2.24. The molecular weight excluding hydrogens is 362 g/mol. The van der Waals surface area contributed by atoms with E-state index in [1.165, 1.54) is 24.8 Å². The number of carbonyl (C=O) groups excluding carboxylic acids is 1. The van der Waals surface area contributed by atoms with Crippen LogP contribution in [0.4, 0.5) is 5.95 Å². The van der Waals surface area contributed by atoms with Crippen molar-refractivity contribution in [2.45, 2.75) is 25.7 Å². The average molecular weight is 394 g/mol. The molecule has 3 heterocycles. The van der Waals surface area contributed by atoms with Gasteiger partial charge in [0, 0.05) is 51.5 Å². The van der Waals surface area contributed by atoms with Crippen molar-refractivity contribution in [1.82, 2.24) is 19.8 Å². The van der Waals surface area contributed by atoms with Crippen molar-refractivity contribution >= 4 is 11.9 Å². The molecule has 2 aromatic rings. The first-order valence-corrected chi connectivity index (χ1v) is 10.8. The molecule has 0 aliphatic carbocycles. The van der Waals surface area contributed by atoms with E-state index in [9.17, 15) is 4.79 Å². The number of benzene rings is 1. The molecule has 1 amide bonds. The van der Waals surface area contributed by atoms with Crippen LogP contribution in [-0.2, 0) is 11.2 Å². The van der Waals surface area contributed by atoms with Crippen LogP contribution < -0.4 is 4.90 Å². The lowest BCUT2D eigenvalue weighted by Gasteiger charge is -2.36. The minimum atomic E-state index is 0.282. The highest BCUT2D eigenvalue weighted by molar-refractivity contribution is 5.76. The lowest BCUT2D eigenvalue weighted by atomic mass is 9.90. The van der Waals surface area contributed by atoms with Crippen molar-refractivity contribution in [2.75, 3.05) is 50.7 Å². The highest BCUT2D eigenvalue weighted by atomic mass is 16.2. The fourth-order valence-corrected chi connectivity index (χ4v) is 4.38. The van der Waals surface area contributed by atoms with Crippen molar-refractivity contribution in [2.24, 2.45) is 5.92 Å². The number of anilines is 1. The summed E-state index contributed by atoms with van der Waals surface area (Å²) >= 11 is 0. The van der Waals surface area contributed by atoms with Gasteiger partial charge in [-0.1, -0.05) is 30.3 Å². The van der Waals surface area contributed by atoms with Crippen LogP contribution in [0.25, 0.3) is 0 Å². The molecule has 0 N–H and O–H groups in total. The van der Waals surface area contributed by atoms with Crippen molar-refractivity contribution in [3.63, 3.8) is 0 Å². The topological polar surface area (TPSA) is 52.6 Å². The molecular formula is C23H31N5O. The first kappa shape index (κ1) is 19.8. The number of amides is 1. The lowest BCUT2D eigenvalue weighted by Crippen LogP contribution is -2.50. The van der Waals surface area contributed by atoms with Crippen LogP contribution >= 0.6 is 0 Å². The maximum Gasteiger partial charge on any atom is 0.225 e. The molecule has 0 unspecified atom stereocenters. The van der Waals surface area contributed by atoms with E-state index in [4.69, 9.17) is 0 Å². The van der Waals surface area contributed by atoms with Crippen molar-refractivity contribution in [3.05, 3.63) is 54.4 Å². The van der Waals surface area contributed by atoms with Crippen LogP contribution in [0.3, 0.4) is 0 Å². The number of carbonyl (C=O) groups is 1. The number of likely N-dealkylation sites (tertiary alicyclic amines) is 1. The summed E-state index contributed by atoms with van der Waals surface area (Å²) in [7, 11) is 0. The molecule has 29 heavy (non-hydrogen) atoms.